The molecule has 0 aliphatic heterocycles. The molecule has 0 aromatic heterocycles. The summed E-state index contributed by atoms with van der Waals surface area (Å²) in [7, 11) is 0. The maximum Gasteiger partial charge on any atom is 0.326 e. The van der Waals surface area contributed by atoms with Crippen molar-refractivity contribution in [3.63, 3.8) is 0 Å². The van der Waals surface area contributed by atoms with Gasteiger partial charge in [0.1, 0.15) is 6.04 Å². The van der Waals surface area contributed by atoms with Crippen molar-refractivity contribution in [3.05, 3.63) is 149 Å². The second-order valence-electron chi connectivity index (χ2n) is 12.4. The first-order chi connectivity index (χ1) is 22.5. The van der Waals surface area contributed by atoms with Gasteiger partial charge < -0.3 is 15.7 Å². The van der Waals surface area contributed by atoms with Gasteiger partial charge in [0.2, 0.25) is 0 Å². The minimum atomic E-state index is -1.23. The number of hydrogen-bond donors (Lipinski definition) is 3. The van der Waals surface area contributed by atoms with Gasteiger partial charge in [-0.2, -0.15) is 5.26 Å². The number of carboxylic acids is 1. The second kappa shape index (κ2) is 14.0. The molecule has 1 atom stereocenters. The van der Waals surface area contributed by atoms with E-state index in [9.17, 15) is 24.8 Å². The van der Waals surface area contributed by atoms with E-state index in [1.54, 1.807) is 48.5 Å². The molecule has 5 aromatic carbocycles. The first kappa shape index (κ1) is 32.4. The first-order valence-electron chi connectivity index (χ1n) is 15.3. The number of hydrogen-bond acceptors (Lipinski definition) is 4. The number of nitrogens with one attached hydrogen (secondary N) is 2. The molecule has 0 heterocycles. The van der Waals surface area contributed by atoms with Crippen LogP contribution in [0.3, 0.4) is 0 Å². The van der Waals surface area contributed by atoms with Crippen LogP contribution in [-0.4, -0.2) is 28.9 Å². The highest BCUT2D eigenvalue weighted by Crippen LogP contribution is 2.28. The monoisotopic (exact) mass is 621 g/mol. The van der Waals surface area contributed by atoms with Crippen molar-refractivity contribution in [3.8, 4) is 28.3 Å². The molecule has 0 aliphatic carbocycles. The van der Waals surface area contributed by atoms with E-state index in [-0.39, 0.29) is 23.1 Å². The summed E-state index contributed by atoms with van der Waals surface area (Å²) in [5.74, 6) is -2.25. The van der Waals surface area contributed by atoms with Gasteiger partial charge in [-0.3, -0.25) is 9.59 Å². The zero-order valence-electron chi connectivity index (χ0n) is 26.5. The van der Waals surface area contributed by atoms with Crippen molar-refractivity contribution in [1.29, 1.82) is 5.26 Å². The third kappa shape index (κ3) is 7.99. The second-order valence-corrected chi connectivity index (χ2v) is 12.4. The molecule has 0 bridgehead atoms. The highest BCUT2D eigenvalue weighted by atomic mass is 16.4. The normalized spacial score (nSPS) is 11.6. The predicted molar refractivity (Wildman–Crippen MR) is 184 cm³/mol. The molecule has 0 radical (unpaired) electrons. The van der Waals surface area contributed by atoms with E-state index in [1.807, 2.05) is 72.8 Å². The average molecular weight is 622 g/mol. The number of carbonyl (C=O) groups excluding carboxylic acids is 2. The molecule has 0 unspecified atom stereocenters. The number of nitrogens with zero attached hydrogens (tertiary/aromatic N) is 1. The Morgan fingerprint density at radius 1 is 0.723 bits per heavy atom. The fourth-order valence-corrected chi connectivity index (χ4v) is 5.24. The van der Waals surface area contributed by atoms with E-state index in [4.69, 9.17) is 0 Å². The van der Waals surface area contributed by atoms with Gasteiger partial charge in [0.25, 0.3) is 11.8 Å². The number of amides is 2. The van der Waals surface area contributed by atoms with Gasteiger partial charge in [-0.1, -0.05) is 106 Å². The van der Waals surface area contributed by atoms with Crippen LogP contribution in [0, 0.1) is 11.3 Å². The van der Waals surface area contributed by atoms with Crippen LogP contribution in [0.15, 0.2) is 121 Å². The highest BCUT2D eigenvalue weighted by Gasteiger charge is 2.24. The van der Waals surface area contributed by atoms with Gasteiger partial charge in [0.15, 0.2) is 0 Å². The molecule has 5 rings (SSSR count). The van der Waals surface area contributed by atoms with Gasteiger partial charge in [-0.15, -0.1) is 0 Å². The average Bonchev–Trinajstić information content (AvgIpc) is 3.08. The van der Waals surface area contributed by atoms with Crippen molar-refractivity contribution in [1.82, 2.24) is 5.32 Å². The first-order valence-corrected chi connectivity index (χ1v) is 15.3. The Kier molecular flexibility index (Phi) is 9.63. The van der Waals surface area contributed by atoms with Crippen LogP contribution in [0.1, 0.15) is 58.2 Å². The largest absolute Gasteiger partial charge is 0.480 e. The summed E-state index contributed by atoms with van der Waals surface area (Å²) in [6.45, 7) is 6.26. The fraction of sp³-hybridized carbons (Fsp3) is 0.150. The number of carboxylic acid groups (broad SMARTS) is 1. The summed E-state index contributed by atoms with van der Waals surface area (Å²) in [4.78, 5) is 39.5. The number of carbonyl (C=O) groups is 3. The lowest BCUT2D eigenvalue weighted by Gasteiger charge is -2.19. The minimum Gasteiger partial charge on any atom is -0.480 e. The summed E-state index contributed by atoms with van der Waals surface area (Å²) in [6, 6.07) is 37.4. The summed E-state index contributed by atoms with van der Waals surface area (Å²) < 4.78 is 0. The Labute approximate surface area is 274 Å². The molecule has 0 spiro atoms. The Hall–Kier alpha value is -6.00. The molecule has 7 nitrogen and oxygen atoms in total. The van der Waals surface area contributed by atoms with Crippen LogP contribution in [0.2, 0.25) is 0 Å². The molecule has 5 aromatic rings. The zero-order valence-corrected chi connectivity index (χ0v) is 26.5. The van der Waals surface area contributed by atoms with Crippen molar-refractivity contribution in [2.75, 3.05) is 5.32 Å². The summed E-state index contributed by atoms with van der Waals surface area (Å²) in [6.07, 6.45) is 0.0574. The van der Waals surface area contributed by atoms with Crippen LogP contribution in [0.4, 0.5) is 5.69 Å². The molecular weight excluding hydrogens is 586 g/mol. The number of rotatable bonds is 9. The lowest BCUT2D eigenvalue weighted by molar-refractivity contribution is -0.139. The topological polar surface area (TPSA) is 119 Å². The van der Waals surface area contributed by atoms with Crippen LogP contribution in [0.25, 0.3) is 22.3 Å². The molecule has 234 valence electrons. The van der Waals surface area contributed by atoms with Gasteiger partial charge in [0.05, 0.1) is 22.9 Å². The molecule has 0 saturated carbocycles. The number of nitriles is 1. The SMILES string of the molecule is CC(C)(C)c1ccc(C(=O)Nc2ccc(-c3cccc(C#N)c3)cc2C(=O)N[C@@H](Cc2ccc(-c3ccccc3)cc2)C(=O)O)cc1. The van der Waals surface area contributed by atoms with E-state index in [1.165, 1.54) is 0 Å². The Morgan fingerprint density at radius 2 is 1.34 bits per heavy atom. The van der Waals surface area contributed by atoms with Gasteiger partial charge in [-0.25, -0.2) is 4.79 Å². The maximum absolute atomic E-state index is 13.8. The summed E-state index contributed by atoms with van der Waals surface area (Å²) >= 11 is 0. The van der Waals surface area contributed by atoms with Gasteiger partial charge in [0, 0.05) is 12.0 Å². The quantitative estimate of drug-likeness (QED) is 0.155. The van der Waals surface area contributed by atoms with E-state index < -0.39 is 23.8 Å². The van der Waals surface area contributed by atoms with E-state index in [0.717, 1.165) is 22.3 Å². The molecule has 7 heteroatoms. The van der Waals surface area contributed by atoms with Crippen LogP contribution >= 0.6 is 0 Å². The third-order valence-corrected chi connectivity index (χ3v) is 7.95. The number of benzene rings is 5. The highest BCUT2D eigenvalue weighted by molar-refractivity contribution is 6.10. The predicted octanol–water partition coefficient (Wildman–Crippen LogP) is 7.87. The van der Waals surface area contributed by atoms with E-state index in [2.05, 4.69) is 37.5 Å². The van der Waals surface area contributed by atoms with E-state index in [0.29, 0.717) is 22.3 Å². The third-order valence-electron chi connectivity index (χ3n) is 7.95. The van der Waals surface area contributed by atoms with Crippen LogP contribution in [-0.2, 0) is 16.6 Å². The molecule has 2 amide bonds. The molecule has 0 fully saturated rings. The van der Waals surface area contributed by atoms with Gasteiger partial charge >= 0.3 is 5.97 Å². The Balaban J connectivity index is 1.42. The van der Waals surface area contributed by atoms with Crippen molar-refractivity contribution in [2.24, 2.45) is 0 Å². The molecule has 3 N–H and O–H groups in total. The molecule has 47 heavy (non-hydrogen) atoms. The minimum absolute atomic E-state index is 0.0574. The summed E-state index contributed by atoms with van der Waals surface area (Å²) in [5.41, 5.74) is 6.29. The zero-order chi connectivity index (χ0) is 33.6. The smallest absolute Gasteiger partial charge is 0.326 e. The van der Waals surface area contributed by atoms with Crippen LogP contribution < -0.4 is 10.6 Å². The molecule has 0 aliphatic rings. The van der Waals surface area contributed by atoms with Crippen molar-refractivity contribution >= 4 is 23.5 Å². The van der Waals surface area contributed by atoms with Crippen molar-refractivity contribution in [2.45, 2.75) is 38.6 Å². The lowest BCUT2D eigenvalue weighted by Crippen LogP contribution is -2.42. The van der Waals surface area contributed by atoms with Crippen LogP contribution in [0.5, 0.6) is 0 Å². The number of anilines is 1. The molecular formula is C40H35N3O4. The summed E-state index contributed by atoms with van der Waals surface area (Å²) in [5, 5.41) is 25.0. The maximum atomic E-state index is 13.8. The fourth-order valence-electron chi connectivity index (χ4n) is 5.24. The Morgan fingerprint density at radius 3 is 1.98 bits per heavy atom. The van der Waals surface area contributed by atoms with Gasteiger partial charge in [-0.05, 0) is 75.2 Å². The lowest BCUT2D eigenvalue weighted by atomic mass is 9.86. The number of aliphatic carboxylic acids is 1. The van der Waals surface area contributed by atoms with Crippen molar-refractivity contribution < 1.29 is 19.5 Å². The molecule has 0 saturated heterocycles. The van der Waals surface area contributed by atoms with E-state index >= 15 is 0 Å². The standard InChI is InChI=1S/C40H35N3O4/c1-40(2,3)33-19-16-30(17-20-33)37(44)42-35-21-18-32(31-11-7-8-27(22-31)25-41)24-34(35)38(45)43-36(39(46)47)23-26-12-14-29(15-13-26)28-9-5-4-6-10-28/h4-22,24,36H,23H2,1-3H3,(H,42,44)(H,43,45)(H,46,47)/t36-/m0/s1. The Bertz CT molecular complexity index is 1950.